The zero-order valence-corrected chi connectivity index (χ0v) is 24.7. The largest absolute Gasteiger partial charge is 0.462 e. The van der Waals surface area contributed by atoms with Gasteiger partial charge in [0, 0.05) is 18.1 Å². The molecule has 3 heterocycles. The summed E-state index contributed by atoms with van der Waals surface area (Å²) in [4.78, 5) is 24.9. The Morgan fingerprint density at radius 3 is 1.38 bits per heavy atom. The van der Waals surface area contributed by atoms with Crippen LogP contribution in [0.2, 0.25) is 0 Å². The van der Waals surface area contributed by atoms with Crippen LogP contribution in [0.25, 0.3) is 11.1 Å². The maximum absolute atomic E-state index is 12.4. The monoisotopic (exact) mass is 580 g/mol. The van der Waals surface area contributed by atoms with Gasteiger partial charge in [-0.2, -0.15) is 10.5 Å². The fourth-order valence-corrected chi connectivity index (χ4v) is 6.91. The molecule has 3 aromatic rings. The molecule has 3 rings (SSSR count). The number of thiophene rings is 3. The molecule has 0 aromatic carbocycles. The van der Waals surface area contributed by atoms with Gasteiger partial charge in [0.2, 0.25) is 0 Å². The molecule has 3 aromatic heterocycles. The standard InChI is InChI=1S/C30H32N2O4S3/c1-3-5-7-9-17-35-29(33)21(19-31)23-11-13-25(37-23)27-15-16-28(39-27)26-14-12-24(38-26)22(20-32)30(34)36-18-10-8-6-4-2/h11-16H,3-10,17-18H2,1-2H3/b23-21-,24-22+,27-25-,28-26-. The van der Waals surface area contributed by atoms with Gasteiger partial charge in [-0.1, -0.05) is 52.4 Å². The first-order valence-electron chi connectivity index (χ1n) is 13.2. The molecule has 0 saturated heterocycles. The number of hydrogen-bond acceptors (Lipinski definition) is 9. The molecular weight excluding hydrogens is 549 g/mol. The molecule has 0 bridgehead atoms. The second kappa shape index (κ2) is 16.0. The first-order chi connectivity index (χ1) is 19.0. The van der Waals surface area contributed by atoms with Crippen molar-refractivity contribution in [2.24, 2.45) is 0 Å². The van der Waals surface area contributed by atoms with Crippen LogP contribution in [0.1, 0.15) is 65.2 Å². The van der Waals surface area contributed by atoms with Crippen LogP contribution in [-0.2, 0) is 19.1 Å². The lowest BCUT2D eigenvalue weighted by atomic mass is 10.2. The molecular formula is C30H32N2O4S3. The van der Waals surface area contributed by atoms with E-state index in [9.17, 15) is 20.1 Å². The second-order valence-corrected chi connectivity index (χ2v) is 12.1. The van der Waals surface area contributed by atoms with Crippen molar-refractivity contribution in [1.29, 1.82) is 10.5 Å². The van der Waals surface area contributed by atoms with E-state index in [1.54, 1.807) is 23.5 Å². The summed E-state index contributed by atoms with van der Waals surface area (Å²) in [6.07, 6.45) is 7.99. The minimum atomic E-state index is -0.579. The lowest BCUT2D eigenvalue weighted by Crippen LogP contribution is -2.13. The molecule has 0 unspecified atom stereocenters. The number of carbonyl (C=O) groups is 2. The van der Waals surface area contributed by atoms with Gasteiger partial charge in [-0.15, -0.1) is 34.0 Å². The van der Waals surface area contributed by atoms with Gasteiger partial charge in [0.05, 0.1) is 22.3 Å². The Balaban J connectivity index is 1.88. The summed E-state index contributed by atoms with van der Waals surface area (Å²) in [5, 5.41) is 19.2. The number of hydrogen-bond donors (Lipinski definition) is 0. The summed E-state index contributed by atoms with van der Waals surface area (Å²) in [5.74, 6) is -1.16. The van der Waals surface area contributed by atoms with Crippen LogP contribution in [0, 0.1) is 40.8 Å². The van der Waals surface area contributed by atoms with Gasteiger partial charge in [-0.05, 0) is 49.2 Å². The highest BCUT2D eigenvalue weighted by Crippen LogP contribution is 2.14. The summed E-state index contributed by atoms with van der Waals surface area (Å²) in [7, 11) is 0. The van der Waals surface area contributed by atoms with Crippen molar-refractivity contribution >= 4 is 57.1 Å². The smallest absolute Gasteiger partial charge is 0.350 e. The highest BCUT2D eigenvalue weighted by Gasteiger charge is 2.13. The van der Waals surface area contributed by atoms with E-state index in [4.69, 9.17) is 9.47 Å². The molecule has 6 nitrogen and oxygen atoms in total. The molecule has 0 aliphatic heterocycles. The zero-order chi connectivity index (χ0) is 28.0. The minimum Gasteiger partial charge on any atom is -0.462 e. The van der Waals surface area contributed by atoms with Crippen LogP contribution < -0.4 is 9.06 Å². The number of ether oxygens (including phenoxy) is 2. The first kappa shape index (κ1) is 30.3. The summed E-state index contributed by atoms with van der Waals surface area (Å²) < 4.78 is 15.7. The predicted octanol–water partition coefficient (Wildman–Crippen LogP) is 6.04. The van der Waals surface area contributed by atoms with Crippen LogP contribution in [0.5, 0.6) is 0 Å². The van der Waals surface area contributed by atoms with E-state index in [1.807, 2.05) is 36.4 Å². The van der Waals surface area contributed by atoms with Gasteiger partial charge in [-0.3, -0.25) is 0 Å². The van der Waals surface area contributed by atoms with E-state index >= 15 is 0 Å². The molecule has 9 heteroatoms. The van der Waals surface area contributed by atoms with E-state index in [-0.39, 0.29) is 11.1 Å². The molecule has 0 N–H and O–H groups in total. The van der Waals surface area contributed by atoms with E-state index in [1.165, 1.54) is 22.7 Å². The summed E-state index contributed by atoms with van der Waals surface area (Å²) in [6, 6.07) is 15.4. The van der Waals surface area contributed by atoms with Gasteiger partial charge in [0.25, 0.3) is 0 Å². The maximum Gasteiger partial charge on any atom is 0.350 e. The zero-order valence-electron chi connectivity index (χ0n) is 22.3. The van der Waals surface area contributed by atoms with Crippen molar-refractivity contribution < 1.29 is 19.1 Å². The Hall–Kier alpha value is -3.24. The average Bonchev–Trinajstić information content (AvgIpc) is 3.70. The SMILES string of the molecule is CCCCCCOC(=O)/C(C#N)=c1/cc/c(=c2\cc/c(=c3\cc/c(=C(/C#N)C(=O)OCCCCCC)s3)s2)s1. The van der Waals surface area contributed by atoms with Crippen molar-refractivity contribution in [2.75, 3.05) is 13.2 Å². The fourth-order valence-electron chi connectivity index (χ4n) is 3.75. The normalized spacial score (nSPS) is 14.2. The molecule has 0 aliphatic rings. The Bertz CT molecular complexity index is 1550. The number of nitriles is 2. The molecule has 0 aliphatic carbocycles. The fraction of sp³-hybridized carbons (Fsp3) is 0.400. The van der Waals surface area contributed by atoms with Gasteiger partial charge >= 0.3 is 11.9 Å². The summed E-state index contributed by atoms with van der Waals surface area (Å²) in [5.41, 5.74) is 0.0523. The van der Waals surface area contributed by atoms with Crippen molar-refractivity contribution in [2.45, 2.75) is 65.2 Å². The van der Waals surface area contributed by atoms with Crippen LogP contribution in [0.4, 0.5) is 0 Å². The molecule has 39 heavy (non-hydrogen) atoms. The minimum absolute atomic E-state index is 0.0261. The molecule has 0 fully saturated rings. The lowest BCUT2D eigenvalue weighted by Gasteiger charge is -2.02. The van der Waals surface area contributed by atoms with Crippen LogP contribution >= 0.6 is 34.0 Å². The third-order valence-electron chi connectivity index (χ3n) is 5.89. The van der Waals surface area contributed by atoms with Crippen molar-refractivity contribution in [3.63, 3.8) is 0 Å². The molecule has 0 spiro atoms. The van der Waals surface area contributed by atoms with Crippen molar-refractivity contribution in [1.82, 2.24) is 0 Å². The number of esters is 2. The molecule has 0 saturated carbocycles. The van der Waals surface area contributed by atoms with Crippen LogP contribution in [0.3, 0.4) is 0 Å². The Morgan fingerprint density at radius 1 is 0.615 bits per heavy atom. The van der Waals surface area contributed by atoms with E-state index in [0.29, 0.717) is 22.3 Å². The maximum atomic E-state index is 12.4. The molecule has 0 amide bonds. The van der Waals surface area contributed by atoms with Gasteiger partial charge in [0.1, 0.15) is 12.1 Å². The number of nitrogens with zero attached hydrogens (tertiary/aromatic N) is 2. The number of unbranched alkanes of at least 4 members (excludes halogenated alkanes) is 6. The van der Waals surface area contributed by atoms with Crippen molar-refractivity contribution in [3.05, 3.63) is 63.6 Å². The average molecular weight is 581 g/mol. The number of rotatable bonds is 12. The Kier molecular flexibility index (Phi) is 12.4. The van der Waals surface area contributed by atoms with E-state index in [2.05, 4.69) is 13.8 Å². The molecule has 204 valence electrons. The van der Waals surface area contributed by atoms with Gasteiger partial charge in [-0.25, -0.2) is 9.59 Å². The van der Waals surface area contributed by atoms with Crippen LogP contribution in [0.15, 0.2) is 36.4 Å². The van der Waals surface area contributed by atoms with E-state index < -0.39 is 11.9 Å². The molecule has 0 atom stereocenters. The first-order valence-corrected chi connectivity index (χ1v) is 15.7. The Labute approximate surface area is 240 Å². The summed E-state index contributed by atoms with van der Waals surface area (Å²) >= 11 is 4.32. The molecule has 0 radical (unpaired) electrons. The van der Waals surface area contributed by atoms with E-state index in [0.717, 1.165) is 69.5 Å². The third kappa shape index (κ3) is 8.63. The lowest BCUT2D eigenvalue weighted by molar-refractivity contribution is -0.137. The quantitative estimate of drug-likeness (QED) is 0.191. The van der Waals surface area contributed by atoms with Crippen LogP contribution in [-0.4, -0.2) is 25.2 Å². The highest BCUT2D eigenvalue weighted by molar-refractivity contribution is 7.13. The van der Waals surface area contributed by atoms with Crippen molar-refractivity contribution in [3.8, 4) is 12.1 Å². The second-order valence-electron chi connectivity index (χ2n) is 8.86. The van der Waals surface area contributed by atoms with Gasteiger partial charge < -0.3 is 9.47 Å². The van der Waals surface area contributed by atoms with Gasteiger partial charge in [0.15, 0.2) is 11.1 Å². The number of carbonyl (C=O) groups excluding carboxylic acids is 2. The topological polar surface area (TPSA) is 100 Å². The predicted molar refractivity (Wildman–Crippen MR) is 156 cm³/mol. The third-order valence-corrected chi connectivity index (χ3v) is 9.57. The highest BCUT2D eigenvalue weighted by atomic mass is 32.1. The Morgan fingerprint density at radius 2 is 1.00 bits per heavy atom. The summed E-state index contributed by atoms with van der Waals surface area (Å²) in [6.45, 7) is 4.88.